The molecule has 1 amide bonds. The van der Waals surface area contributed by atoms with Crippen LogP contribution in [-0.4, -0.2) is 36.4 Å². The Morgan fingerprint density at radius 2 is 2.12 bits per heavy atom. The number of hydrogen-bond acceptors (Lipinski definition) is 4. The summed E-state index contributed by atoms with van der Waals surface area (Å²) in [5, 5.41) is 5.51. The van der Waals surface area contributed by atoms with Gasteiger partial charge < -0.3 is 9.88 Å². The van der Waals surface area contributed by atoms with Crippen LogP contribution in [0.3, 0.4) is 0 Å². The molecule has 0 aliphatic carbocycles. The second kappa shape index (κ2) is 6.72. The number of nitrogens with zero attached hydrogens (tertiary/aromatic N) is 1. The summed E-state index contributed by atoms with van der Waals surface area (Å²) in [7, 11) is -3.04. The summed E-state index contributed by atoms with van der Waals surface area (Å²) in [5.41, 5.74) is 2.42. The molecule has 8 heteroatoms. The van der Waals surface area contributed by atoms with Crippen LogP contribution in [0, 0.1) is 0 Å². The number of carbonyl (C=O) groups is 1. The lowest BCUT2D eigenvalue weighted by Crippen LogP contribution is -2.36. The second-order valence-corrected chi connectivity index (χ2v) is 10.0. The summed E-state index contributed by atoms with van der Waals surface area (Å²) in [6.45, 7) is 0.478. The molecule has 1 fully saturated rings. The van der Waals surface area contributed by atoms with Crippen molar-refractivity contribution in [1.82, 2.24) is 9.88 Å². The Morgan fingerprint density at radius 1 is 1.31 bits per heavy atom. The molecule has 0 radical (unpaired) electrons. The Bertz CT molecular complexity index is 1080. The molecule has 1 aliphatic rings. The van der Waals surface area contributed by atoms with Crippen LogP contribution in [-0.2, 0) is 16.4 Å². The van der Waals surface area contributed by atoms with Crippen LogP contribution in [0.4, 0.5) is 0 Å². The molecule has 0 bridgehead atoms. The first-order chi connectivity index (χ1) is 12.4. The minimum Gasteiger partial charge on any atom is -0.347 e. The van der Waals surface area contributed by atoms with Gasteiger partial charge in [-0.3, -0.25) is 4.79 Å². The third-order valence-corrected chi connectivity index (χ3v) is 7.60. The van der Waals surface area contributed by atoms with E-state index in [-0.39, 0.29) is 23.5 Å². The van der Waals surface area contributed by atoms with Crippen LogP contribution in [0.2, 0.25) is 5.02 Å². The van der Waals surface area contributed by atoms with Gasteiger partial charge in [-0.1, -0.05) is 29.8 Å². The molecular formula is C18H17ClN2O3S2. The van der Waals surface area contributed by atoms with Gasteiger partial charge >= 0.3 is 0 Å². The van der Waals surface area contributed by atoms with E-state index in [1.807, 2.05) is 46.3 Å². The molecule has 1 saturated heterocycles. The lowest BCUT2D eigenvalue weighted by atomic mass is 10.2. The standard InChI is InChI=1S/C18H17ClN2O3S2/c19-14-4-2-1-3-12(14)10-21-15-5-7-25-17(15)9-16(21)18(22)20-13-6-8-26(23,24)11-13/h1-5,7,9,13H,6,8,10-11H2,(H,20,22)/t13-/m0/s1. The molecular weight excluding hydrogens is 392 g/mol. The van der Waals surface area contributed by atoms with Crippen molar-refractivity contribution in [1.29, 1.82) is 0 Å². The van der Waals surface area contributed by atoms with Gasteiger partial charge in [0.1, 0.15) is 5.69 Å². The summed E-state index contributed by atoms with van der Waals surface area (Å²) >= 11 is 7.86. The van der Waals surface area contributed by atoms with Gasteiger partial charge in [0.2, 0.25) is 0 Å². The van der Waals surface area contributed by atoms with Crippen LogP contribution >= 0.6 is 22.9 Å². The number of carbonyl (C=O) groups excluding carboxylic acids is 1. The first-order valence-corrected chi connectivity index (χ1v) is 11.3. The van der Waals surface area contributed by atoms with Gasteiger partial charge in [0.25, 0.3) is 5.91 Å². The van der Waals surface area contributed by atoms with Crippen molar-refractivity contribution >= 4 is 48.9 Å². The maximum atomic E-state index is 12.8. The summed E-state index contributed by atoms with van der Waals surface area (Å²) in [6.07, 6.45) is 0.466. The lowest BCUT2D eigenvalue weighted by Gasteiger charge is -2.14. The zero-order valence-electron chi connectivity index (χ0n) is 13.8. The van der Waals surface area contributed by atoms with E-state index >= 15 is 0 Å². The van der Waals surface area contributed by atoms with Crippen molar-refractivity contribution in [2.75, 3.05) is 11.5 Å². The lowest BCUT2D eigenvalue weighted by molar-refractivity contribution is 0.0932. The Hall–Kier alpha value is -1.83. The van der Waals surface area contributed by atoms with E-state index in [0.717, 1.165) is 15.8 Å². The van der Waals surface area contributed by atoms with Crippen molar-refractivity contribution in [3.05, 3.63) is 58.1 Å². The van der Waals surface area contributed by atoms with Gasteiger partial charge in [-0.15, -0.1) is 11.3 Å². The molecule has 1 aliphatic heterocycles. The van der Waals surface area contributed by atoms with Crippen LogP contribution in [0.1, 0.15) is 22.5 Å². The number of benzene rings is 1. The minimum absolute atomic E-state index is 0.0122. The van der Waals surface area contributed by atoms with Crippen LogP contribution in [0.15, 0.2) is 41.8 Å². The fraction of sp³-hybridized carbons (Fsp3) is 0.278. The average molecular weight is 409 g/mol. The smallest absolute Gasteiger partial charge is 0.268 e. The maximum Gasteiger partial charge on any atom is 0.268 e. The van der Waals surface area contributed by atoms with Crippen molar-refractivity contribution in [3.8, 4) is 0 Å². The predicted molar refractivity (Wildman–Crippen MR) is 105 cm³/mol. The fourth-order valence-electron chi connectivity index (χ4n) is 3.30. The highest BCUT2D eigenvalue weighted by molar-refractivity contribution is 7.91. The molecule has 0 unspecified atom stereocenters. The number of hydrogen-bond donors (Lipinski definition) is 1. The van der Waals surface area contributed by atoms with Crippen molar-refractivity contribution in [2.45, 2.75) is 19.0 Å². The van der Waals surface area contributed by atoms with Crippen molar-refractivity contribution in [3.63, 3.8) is 0 Å². The second-order valence-electron chi connectivity index (χ2n) is 6.45. The third-order valence-electron chi connectivity index (χ3n) is 4.61. The van der Waals surface area contributed by atoms with E-state index in [0.29, 0.717) is 23.7 Å². The largest absolute Gasteiger partial charge is 0.347 e. The van der Waals surface area contributed by atoms with Gasteiger partial charge in [0, 0.05) is 17.6 Å². The average Bonchev–Trinajstić information content (AvgIpc) is 3.25. The summed E-state index contributed by atoms with van der Waals surface area (Å²) in [6, 6.07) is 11.1. The van der Waals surface area contributed by atoms with Crippen LogP contribution in [0.25, 0.3) is 10.2 Å². The highest BCUT2D eigenvalue weighted by atomic mass is 35.5. The van der Waals surface area contributed by atoms with E-state index < -0.39 is 9.84 Å². The molecule has 4 rings (SSSR count). The molecule has 26 heavy (non-hydrogen) atoms. The highest BCUT2D eigenvalue weighted by Crippen LogP contribution is 2.28. The fourth-order valence-corrected chi connectivity index (χ4v) is 5.99. The molecule has 0 saturated carbocycles. The van der Waals surface area contributed by atoms with Crippen LogP contribution in [0.5, 0.6) is 0 Å². The topological polar surface area (TPSA) is 68.2 Å². The van der Waals surface area contributed by atoms with Crippen LogP contribution < -0.4 is 5.32 Å². The number of thiophene rings is 1. The van der Waals surface area contributed by atoms with E-state index in [1.54, 1.807) is 11.3 Å². The Kier molecular flexibility index (Phi) is 4.54. The number of nitrogens with one attached hydrogen (secondary N) is 1. The molecule has 1 aromatic carbocycles. The summed E-state index contributed by atoms with van der Waals surface area (Å²) in [5.74, 6) is -0.103. The van der Waals surface area contributed by atoms with Gasteiger partial charge in [-0.25, -0.2) is 8.42 Å². The van der Waals surface area contributed by atoms with E-state index in [9.17, 15) is 13.2 Å². The minimum atomic E-state index is -3.04. The van der Waals surface area contributed by atoms with Crippen molar-refractivity contribution < 1.29 is 13.2 Å². The number of sulfone groups is 1. The van der Waals surface area contributed by atoms with E-state index in [4.69, 9.17) is 11.6 Å². The van der Waals surface area contributed by atoms with Gasteiger partial charge in [-0.2, -0.15) is 0 Å². The third kappa shape index (κ3) is 3.39. The normalized spacial score (nSPS) is 19.0. The molecule has 1 atom stereocenters. The zero-order chi connectivity index (χ0) is 18.3. The predicted octanol–water partition coefficient (Wildman–Crippen LogP) is 3.32. The Balaban J connectivity index is 1.66. The number of aromatic nitrogens is 1. The van der Waals surface area contributed by atoms with E-state index in [2.05, 4.69) is 5.32 Å². The zero-order valence-corrected chi connectivity index (χ0v) is 16.2. The van der Waals surface area contributed by atoms with E-state index in [1.165, 1.54) is 0 Å². The summed E-state index contributed by atoms with van der Waals surface area (Å²) < 4.78 is 26.2. The number of amides is 1. The first kappa shape index (κ1) is 17.6. The summed E-state index contributed by atoms with van der Waals surface area (Å²) in [4.78, 5) is 12.8. The highest BCUT2D eigenvalue weighted by Gasteiger charge is 2.30. The first-order valence-electron chi connectivity index (χ1n) is 8.24. The molecule has 5 nitrogen and oxygen atoms in total. The molecule has 1 N–H and O–H groups in total. The number of fused-ring (bicyclic) bond motifs is 1. The molecule has 136 valence electrons. The molecule has 3 heterocycles. The quantitative estimate of drug-likeness (QED) is 0.720. The Morgan fingerprint density at radius 3 is 2.85 bits per heavy atom. The molecule has 3 aromatic rings. The van der Waals surface area contributed by atoms with Gasteiger partial charge in [-0.05, 0) is 35.6 Å². The maximum absolute atomic E-state index is 12.8. The Labute approximate surface area is 160 Å². The number of rotatable bonds is 4. The van der Waals surface area contributed by atoms with Crippen molar-refractivity contribution in [2.24, 2.45) is 0 Å². The molecule has 0 spiro atoms. The van der Waals surface area contributed by atoms with Gasteiger partial charge in [0.15, 0.2) is 9.84 Å². The number of halogens is 1. The monoisotopic (exact) mass is 408 g/mol. The molecule has 2 aromatic heterocycles. The van der Waals surface area contributed by atoms with Gasteiger partial charge in [0.05, 0.1) is 21.7 Å². The SMILES string of the molecule is O=C(N[C@H]1CCS(=O)(=O)C1)c1cc2sccc2n1Cc1ccccc1Cl.